The third kappa shape index (κ3) is 4.15. The number of nitriles is 1. The lowest BCUT2D eigenvalue weighted by atomic mass is 10.2. The number of halogens is 1. The van der Waals surface area contributed by atoms with E-state index in [-0.39, 0.29) is 5.91 Å². The van der Waals surface area contributed by atoms with Crippen molar-refractivity contribution in [3.63, 3.8) is 0 Å². The third-order valence-corrected chi connectivity index (χ3v) is 3.86. The Morgan fingerprint density at radius 1 is 1.12 bits per heavy atom. The van der Waals surface area contributed by atoms with Crippen LogP contribution in [0.1, 0.15) is 21.5 Å². The third-order valence-electron chi connectivity index (χ3n) is 3.62. The summed E-state index contributed by atoms with van der Waals surface area (Å²) in [5, 5.41) is 15.3. The standard InChI is InChI=1S/C19H14ClN5O/c1-12-8-15(20)4-7-17(12)25-19-22-10-14(11-23-19)18(26)24-16-5-2-13(9-21)3-6-16/h2-8,10-11H,1H3,(H,24,26)(H,22,23,25). The molecule has 0 saturated heterocycles. The van der Waals surface area contributed by atoms with Gasteiger partial charge >= 0.3 is 0 Å². The second kappa shape index (κ2) is 7.64. The van der Waals surface area contributed by atoms with Crippen LogP contribution in [0.15, 0.2) is 54.9 Å². The molecule has 0 spiro atoms. The van der Waals surface area contributed by atoms with Gasteiger partial charge in [-0.1, -0.05) is 11.6 Å². The molecule has 3 rings (SSSR count). The minimum absolute atomic E-state index is 0.327. The number of hydrogen-bond donors (Lipinski definition) is 2. The SMILES string of the molecule is Cc1cc(Cl)ccc1Nc1ncc(C(=O)Nc2ccc(C#N)cc2)cn1. The fourth-order valence-electron chi connectivity index (χ4n) is 2.23. The van der Waals surface area contributed by atoms with E-state index in [0.29, 0.717) is 27.8 Å². The van der Waals surface area contributed by atoms with Crippen molar-refractivity contribution >= 4 is 34.8 Å². The van der Waals surface area contributed by atoms with Crippen molar-refractivity contribution in [3.05, 3.63) is 76.6 Å². The number of anilines is 3. The van der Waals surface area contributed by atoms with E-state index in [9.17, 15) is 4.79 Å². The van der Waals surface area contributed by atoms with Crippen LogP contribution in [0.25, 0.3) is 0 Å². The minimum atomic E-state index is -0.330. The van der Waals surface area contributed by atoms with Gasteiger partial charge in [0, 0.05) is 28.8 Å². The molecular weight excluding hydrogens is 350 g/mol. The average molecular weight is 364 g/mol. The summed E-state index contributed by atoms with van der Waals surface area (Å²) >= 11 is 5.94. The molecule has 0 atom stereocenters. The zero-order chi connectivity index (χ0) is 18.5. The molecule has 128 valence electrons. The number of hydrogen-bond acceptors (Lipinski definition) is 5. The van der Waals surface area contributed by atoms with Crippen LogP contribution in [0, 0.1) is 18.3 Å². The number of amides is 1. The van der Waals surface area contributed by atoms with Crippen molar-refractivity contribution < 1.29 is 4.79 Å². The van der Waals surface area contributed by atoms with Crippen molar-refractivity contribution in [1.29, 1.82) is 5.26 Å². The molecule has 0 unspecified atom stereocenters. The van der Waals surface area contributed by atoms with E-state index in [4.69, 9.17) is 16.9 Å². The molecule has 6 nitrogen and oxygen atoms in total. The van der Waals surface area contributed by atoms with E-state index in [1.165, 1.54) is 12.4 Å². The first-order chi connectivity index (χ1) is 12.5. The molecule has 1 amide bonds. The van der Waals surface area contributed by atoms with Gasteiger partial charge in [0.1, 0.15) is 0 Å². The summed E-state index contributed by atoms with van der Waals surface area (Å²) in [7, 11) is 0. The maximum atomic E-state index is 12.2. The molecule has 26 heavy (non-hydrogen) atoms. The van der Waals surface area contributed by atoms with Crippen molar-refractivity contribution in [2.45, 2.75) is 6.92 Å². The molecule has 7 heteroatoms. The Morgan fingerprint density at radius 3 is 2.42 bits per heavy atom. The Kier molecular flexibility index (Phi) is 5.11. The topological polar surface area (TPSA) is 90.7 Å². The highest BCUT2D eigenvalue weighted by atomic mass is 35.5. The smallest absolute Gasteiger partial charge is 0.258 e. The summed E-state index contributed by atoms with van der Waals surface area (Å²) in [6, 6.07) is 14.1. The normalized spacial score (nSPS) is 10.0. The lowest BCUT2D eigenvalue weighted by Crippen LogP contribution is -2.13. The van der Waals surface area contributed by atoms with Crippen LogP contribution >= 0.6 is 11.6 Å². The van der Waals surface area contributed by atoms with Crippen LogP contribution < -0.4 is 10.6 Å². The first-order valence-corrected chi connectivity index (χ1v) is 8.10. The minimum Gasteiger partial charge on any atom is -0.324 e. The fourth-order valence-corrected chi connectivity index (χ4v) is 2.46. The van der Waals surface area contributed by atoms with E-state index in [0.717, 1.165) is 11.3 Å². The van der Waals surface area contributed by atoms with Gasteiger partial charge in [-0.3, -0.25) is 4.79 Å². The predicted molar refractivity (Wildman–Crippen MR) is 101 cm³/mol. The monoisotopic (exact) mass is 363 g/mol. The summed E-state index contributed by atoms with van der Waals surface area (Å²) in [6.07, 6.45) is 2.89. The second-order valence-corrected chi connectivity index (χ2v) is 5.96. The van der Waals surface area contributed by atoms with Gasteiger partial charge in [-0.25, -0.2) is 9.97 Å². The highest BCUT2D eigenvalue weighted by Crippen LogP contribution is 2.22. The van der Waals surface area contributed by atoms with E-state index in [1.807, 2.05) is 25.1 Å². The Balaban J connectivity index is 1.68. The van der Waals surface area contributed by atoms with Crippen LogP contribution in [0.2, 0.25) is 5.02 Å². The molecule has 3 aromatic rings. The first-order valence-electron chi connectivity index (χ1n) is 7.72. The van der Waals surface area contributed by atoms with Crippen molar-refractivity contribution in [2.24, 2.45) is 0 Å². The Hall–Kier alpha value is -3.43. The first kappa shape index (κ1) is 17.4. The number of carbonyl (C=O) groups excluding carboxylic acids is 1. The number of nitrogens with one attached hydrogen (secondary N) is 2. The Labute approximate surface area is 155 Å². The highest BCUT2D eigenvalue weighted by Gasteiger charge is 2.09. The van der Waals surface area contributed by atoms with E-state index < -0.39 is 0 Å². The molecule has 0 aliphatic heterocycles. The van der Waals surface area contributed by atoms with Gasteiger partial charge in [0.2, 0.25) is 5.95 Å². The number of aryl methyl sites for hydroxylation is 1. The van der Waals surface area contributed by atoms with Gasteiger partial charge in [0.05, 0.1) is 17.2 Å². The molecule has 1 aromatic heterocycles. The molecule has 0 radical (unpaired) electrons. The highest BCUT2D eigenvalue weighted by molar-refractivity contribution is 6.30. The van der Waals surface area contributed by atoms with Crippen LogP contribution in [0.3, 0.4) is 0 Å². The molecule has 0 aliphatic rings. The van der Waals surface area contributed by atoms with Gasteiger partial charge in [-0.2, -0.15) is 5.26 Å². The number of carbonyl (C=O) groups is 1. The molecule has 1 heterocycles. The van der Waals surface area contributed by atoms with Gasteiger partial charge < -0.3 is 10.6 Å². The molecule has 0 saturated carbocycles. The molecule has 0 fully saturated rings. The van der Waals surface area contributed by atoms with E-state index in [2.05, 4.69) is 20.6 Å². The van der Waals surface area contributed by atoms with Crippen LogP contribution in [0.4, 0.5) is 17.3 Å². The lowest BCUT2D eigenvalue weighted by Gasteiger charge is -2.09. The van der Waals surface area contributed by atoms with E-state index >= 15 is 0 Å². The van der Waals surface area contributed by atoms with Crippen molar-refractivity contribution in [2.75, 3.05) is 10.6 Å². The molecular formula is C19H14ClN5O. The number of nitrogens with zero attached hydrogens (tertiary/aromatic N) is 3. The van der Waals surface area contributed by atoms with E-state index in [1.54, 1.807) is 30.3 Å². The summed E-state index contributed by atoms with van der Waals surface area (Å²) in [6.45, 7) is 1.92. The zero-order valence-electron chi connectivity index (χ0n) is 13.8. The predicted octanol–water partition coefficient (Wildman–Crippen LogP) is 4.31. The maximum Gasteiger partial charge on any atom is 0.258 e. The largest absolute Gasteiger partial charge is 0.324 e. The van der Waals surface area contributed by atoms with Crippen LogP contribution in [0.5, 0.6) is 0 Å². The fraction of sp³-hybridized carbons (Fsp3) is 0.0526. The van der Waals surface area contributed by atoms with Gasteiger partial charge in [-0.05, 0) is 55.0 Å². The second-order valence-electron chi connectivity index (χ2n) is 5.52. The van der Waals surface area contributed by atoms with Crippen molar-refractivity contribution in [3.8, 4) is 6.07 Å². The molecule has 2 N–H and O–H groups in total. The van der Waals surface area contributed by atoms with Gasteiger partial charge in [-0.15, -0.1) is 0 Å². The summed E-state index contributed by atoms with van der Waals surface area (Å²) < 4.78 is 0. The lowest BCUT2D eigenvalue weighted by molar-refractivity contribution is 0.102. The summed E-state index contributed by atoms with van der Waals surface area (Å²) in [5.74, 6) is 0.0503. The summed E-state index contributed by atoms with van der Waals surface area (Å²) in [5.41, 5.74) is 3.24. The number of benzene rings is 2. The summed E-state index contributed by atoms with van der Waals surface area (Å²) in [4.78, 5) is 20.6. The van der Waals surface area contributed by atoms with Gasteiger partial charge in [0.25, 0.3) is 5.91 Å². The number of aromatic nitrogens is 2. The zero-order valence-corrected chi connectivity index (χ0v) is 14.6. The Morgan fingerprint density at radius 2 is 1.81 bits per heavy atom. The van der Waals surface area contributed by atoms with Crippen molar-refractivity contribution in [1.82, 2.24) is 9.97 Å². The van der Waals surface area contributed by atoms with Crippen LogP contribution in [-0.4, -0.2) is 15.9 Å². The molecule has 0 bridgehead atoms. The molecule has 0 aliphatic carbocycles. The maximum absolute atomic E-state index is 12.2. The number of rotatable bonds is 4. The quantitative estimate of drug-likeness (QED) is 0.720. The van der Waals surface area contributed by atoms with Gasteiger partial charge in [0.15, 0.2) is 0 Å². The Bertz CT molecular complexity index is 978. The average Bonchev–Trinajstić information content (AvgIpc) is 2.65. The molecule has 2 aromatic carbocycles. The van der Waals surface area contributed by atoms with Crippen LogP contribution in [-0.2, 0) is 0 Å².